The summed E-state index contributed by atoms with van der Waals surface area (Å²) in [4.78, 5) is 8.71. The van der Waals surface area contributed by atoms with Crippen LogP contribution >= 0.6 is 23.4 Å². The van der Waals surface area contributed by atoms with E-state index in [0.29, 0.717) is 10.9 Å². The molecule has 21 heavy (non-hydrogen) atoms. The van der Waals surface area contributed by atoms with Gasteiger partial charge in [-0.15, -0.1) is 0 Å². The maximum Gasteiger partial charge on any atom is 0.168 e. The Morgan fingerprint density at radius 1 is 1.33 bits per heavy atom. The minimum absolute atomic E-state index is 0.0116. The Morgan fingerprint density at radius 2 is 2.14 bits per heavy atom. The third-order valence-electron chi connectivity index (χ3n) is 3.31. The summed E-state index contributed by atoms with van der Waals surface area (Å²) >= 11 is 7.83. The lowest BCUT2D eigenvalue weighted by Gasteiger charge is -2.07. The maximum atomic E-state index is 9.18. The fourth-order valence-corrected chi connectivity index (χ4v) is 3.32. The normalized spacial score (nSPS) is 11.2. The van der Waals surface area contributed by atoms with Crippen LogP contribution in [-0.4, -0.2) is 19.6 Å². The van der Waals surface area contributed by atoms with E-state index >= 15 is 0 Å². The van der Waals surface area contributed by atoms with Crippen LogP contribution in [0.1, 0.15) is 11.3 Å². The first kappa shape index (κ1) is 14.4. The van der Waals surface area contributed by atoms with Crippen molar-refractivity contribution in [3.8, 4) is 0 Å². The molecule has 0 bridgehead atoms. The summed E-state index contributed by atoms with van der Waals surface area (Å²) in [6.45, 7) is -0.0116. The Bertz CT molecular complexity index is 788. The Morgan fingerprint density at radius 3 is 2.90 bits per heavy atom. The number of halogens is 1. The highest BCUT2D eigenvalue weighted by Gasteiger charge is 2.09. The zero-order valence-corrected chi connectivity index (χ0v) is 13.0. The zero-order chi connectivity index (χ0) is 14.8. The van der Waals surface area contributed by atoms with E-state index in [0.717, 1.165) is 27.3 Å². The van der Waals surface area contributed by atoms with Crippen molar-refractivity contribution in [2.75, 3.05) is 0 Å². The number of thioether (sulfide) groups is 1. The molecule has 0 fully saturated rings. The Hall–Kier alpha value is -1.56. The molecule has 2 aromatic heterocycles. The van der Waals surface area contributed by atoms with Gasteiger partial charge in [-0.3, -0.25) is 0 Å². The summed E-state index contributed by atoms with van der Waals surface area (Å²) in [6.07, 6.45) is 1.68. The van der Waals surface area contributed by atoms with E-state index in [4.69, 9.17) is 11.6 Å². The van der Waals surface area contributed by atoms with Crippen LogP contribution in [0, 0.1) is 0 Å². The fourth-order valence-electron chi connectivity index (χ4n) is 2.09. The van der Waals surface area contributed by atoms with Gasteiger partial charge < -0.3 is 9.67 Å². The lowest BCUT2D eigenvalue weighted by Crippen LogP contribution is -1.97. The number of aliphatic hydroxyl groups is 1. The summed E-state index contributed by atoms with van der Waals surface area (Å²) in [5.41, 5.74) is 2.67. The molecule has 0 aliphatic carbocycles. The molecule has 1 aromatic carbocycles. The van der Waals surface area contributed by atoms with Crippen LogP contribution in [0.3, 0.4) is 0 Å². The molecule has 0 unspecified atom stereocenters. The monoisotopic (exact) mass is 319 g/mol. The predicted molar refractivity (Wildman–Crippen MR) is 85.4 cm³/mol. The summed E-state index contributed by atoms with van der Waals surface area (Å²) < 4.78 is 1.88. The number of hydrogen-bond acceptors (Lipinski definition) is 4. The third-order valence-corrected chi connectivity index (χ3v) is 4.73. The minimum Gasteiger partial charge on any atom is -0.390 e. The average molecular weight is 320 g/mol. The molecule has 0 spiro atoms. The highest BCUT2D eigenvalue weighted by atomic mass is 35.5. The van der Waals surface area contributed by atoms with Gasteiger partial charge in [-0.2, -0.15) is 0 Å². The van der Waals surface area contributed by atoms with Crippen molar-refractivity contribution in [1.29, 1.82) is 0 Å². The first-order chi connectivity index (χ1) is 10.2. The van der Waals surface area contributed by atoms with Gasteiger partial charge in [0.25, 0.3) is 0 Å². The quantitative estimate of drug-likeness (QED) is 0.591. The van der Waals surface area contributed by atoms with Crippen LogP contribution in [0.4, 0.5) is 0 Å². The minimum atomic E-state index is -0.0116. The third kappa shape index (κ3) is 2.90. The Labute approximate surface area is 131 Å². The zero-order valence-electron chi connectivity index (χ0n) is 11.5. The first-order valence-electron chi connectivity index (χ1n) is 6.47. The average Bonchev–Trinajstić information content (AvgIpc) is 2.85. The predicted octanol–water partition coefficient (Wildman–Crippen LogP) is 3.41. The van der Waals surface area contributed by atoms with Crippen molar-refractivity contribution in [3.05, 3.63) is 52.9 Å². The van der Waals surface area contributed by atoms with Gasteiger partial charge in [-0.25, -0.2) is 9.97 Å². The lowest BCUT2D eigenvalue weighted by molar-refractivity contribution is 0.271. The molecule has 3 aromatic rings. The smallest absolute Gasteiger partial charge is 0.168 e. The Kier molecular flexibility index (Phi) is 4.14. The number of fused-ring (bicyclic) bond motifs is 1. The van der Waals surface area contributed by atoms with Crippen LogP contribution in [-0.2, 0) is 19.4 Å². The molecule has 0 aliphatic rings. The van der Waals surface area contributed by atoms with Crippen molar-refractivity contribution in [3.63, 3.8) is 0 Å². The number of imidazole rings is 1. The van der Waals surface area contributed by atoms with Crippen LogP contribution in [0.5, 0.6) is 0 Å². The highest BCUT2D eigenvalue weighted by Crippen LogP contribution is 2.27. The lowest BCUT2D eigenvalue weighted by atomic mass is 10.2. The number of para-hydroxylation sites is 1. The van der Waals surface area contributed by atoms with E-state index in [1.165, 1.54) is 0 Å². The molecule has 1 N–H and O–H groups in total. The van der Waals surface area contributed by atoms with Gasteiger partial charge in [-0.05, 0) is 12.1 Å². The molecule has 0 saturated carbocycles. The molecule has 0 aliphatic heterocycles. The largest absolute Gasteiger partial charge is 0.390 e. The number of nitrogens with zero attached hydrogens (tertiary/aromatic N) is 3. The molecule has 0 atom stereocenters. The molecule has 6 heteroatoms. The van der Waals surface area contributed by atoms with E-state index in [-0.39, 0.29) is 6.61 Å². The number of rotatable bonds is 4. The molecular weight excluding hydrogens is 306 g/mol. The van der Waals surface area contributed by atoms with E-state index in [1.54, 1.807) is 18.0 Å². The van der Waals surface area contributed by atoms with Crippen LogP contribution in [0.15, 0.2) is 41.7 Å². The topological polar surface area (TPSA) is 50.9 Å². The standard InChI is InChI=1S/C15H14ClN3OS/c1-19-12(8-20)7-17-15(19)21-9-11-6-10-4-2-3-5-13(10)18-14(11)16/h2-7,20H,8-9H2,1H3. The van der Waals surface area contributed by atoms with Gasteiger partial charge in [0.15, 0.2) is 5.16 Å². The van der Waals surface area contributed by atoms with Gasteiger partial charge in [0.05, 0.1) is 24.0 Å². The SMILES string of the molecule is Cn1c(CO)cnc1SCc1cc2ccccc2nc1Cl. The summed E-state index contributed by atoms with van der Waals surface area (Å²) in [5, 5.41) is 11.6. The van der Waals surface area contributed by atoms with E-state index in [1.807, 2.05) is 35.9 Å². The number of benzene rings is 1. The van der Waals surface area contributed by atoms with Gasteiger partial charge in [0, 0.05) is 23.8 Å². The fraction of sp³-hybridized carbons (Fsp3) is 0.200. The van der Waals surface area contributed by atoms with E-state index in [2.05, 4.69) is 16.0 Å². The molecule has 108 valence electrons. The second kappa shape index (κ2) is 6.05. The molecular formula is C15H14ClN3OS. The number of hydrogen-bond donors (Lipinski definition) is 1. The summed E-state index contributed by atoms with van der Waals surface area (Å²) in [7, 11) is 1.89. The number of aromatic nitrogens is 3. The molecule has 0 radical (unpaired) electrons. The van der Waals surface area contributed by atoms with Crippen LogP contribution in [0.25, 0.3) is 10.9 Å². The number of pyridine rings is 1. The molecule has 2 heterocycles. The molecule has 0 saturated heterocycles. The van der Waals surface area contributed by atoms with Crippen molar-refractivity contribution in [2.24, 2.45) is 7.05 Å². The van der Waals surface area contributed by atoms with Gasteiger partial charge in [0.2, 0.25) is 0 Å². The maximum absolute atomic E-state index is 9.18. The second-order valence-corrected chi connectivity index (χ2v) is 5.97. The Balaban J connectivity index is 1.84. The number of aliphatic hydroxyl groups excluding tert-OH is 1. The summed E-state index contributed by atoms with van der Waals surface area (Å²) in [6, 6.07) is 9.97. The van der Waals surface area contributed by atoms with E-state index < -0.39 is 0 Å². The molecule has 4 nitrogen and oxygen atoms in total. The second-order valence-electron chi connectivity index (χ2n) is 4.67. The van der Waals surface area contributed by atoms with Gasteiger partial charge >= 0.3 is 0 Å². The van der Waals surface area contributed by atoms with Crippen molar-refractivity contribution in [1.82, 2.24) is 14.5 Å². The highest BCUT2D eigenvalue weighted by molar-refractivity contribution is 7.98. The van der Waals surface area contributed by atoms with Gasteiger partial charge in [-0.1, -0.05) is 41.6 Å². The van der Waals surface area contributed by atoms with Gasteiger partial charge in [0.1, 0.15) is 5.15 Å². The molecule has 0 amide bonds. The van der Waals surface area contributed by atoms with Crippen LogP contribution < -0.4 is 0 Å². The van der Waals surface area contributed by atoms with Crippen molar-refractivity contribution in [2.45, 2.75) is 17.5 Å². The first-order valence-corrected chi connectivity index (χ1v) is 7.84. The van der Waals surface area contributed by atoms with Crippen molar-refractivity contribution >= 4 is 34.3 Å². The van der Waals surface area contributed by atoms with Crippen molar-refractivity contribution < 1.29 is 5.11 Å². The van der Waals surface area contributed by atoms with E-state index in [9.17, 15) is 5.11 Å². The summed E-state index contributed by atoms with van der Waals surface area (Å²) in [5.74, 6) is 0.687. The molecule has 3 rings (SSSR count). The van der Waals surface area contributed by atoms with Crippen LogP contribution in [0.2, 0.25) is 5.15 Å².